The molecule has 0 atom stereocenters. The maximum Gasteiger partial charge on any atom is 0.119 e. The number of aromatic hydroxyl groups is 1. The van der Waals surface area contributed by atoms with Crippen LogP contribution in [0, 0.1) is 0 Å². The van der Waals surface area contributed by atoms with Crippen LogP contribution in [0.5, 0.6) is 5.75 Å². The average Bonchev–Trinajstić information content (AvgIpc) is 2.47. The lowest BCUT2D eigenvalue weighted by Crippen LogP contribution is -2.09. The van der Waals surface area contributed by atoms with E-state index >= 15 is 0 Å². The van der Waals surface area contributed by atoms with Gasteiger partial charge in [0.05, 0.1) is 0 Å². The van der Waals surface area contributed by atoms with Crippen molar-refractivity contribution < 1.29 is 5.11 Å². The van der Waals surface area contributed by atoms with Gasteiger partial charge in [-0.3, -0.25) is 0 Å². The minimum Gasteiger partial charge on any atom is -0.508 e. The molecule has 0 saturated heterocycles. The van der Waals surface area contributed by atoms with Crippen molar-refractivity contribution in [3.05, 3.63) is 28.8 Å². The maximum atomic E-state index is 10.0. The predicted molar refractivity (Wildman–Crippen MR) is 85.6 cm³/mol. The first kappa shape index (κ1) is 17.0. The van der Waals surface area contributed by atoms with Crippen LogP contribution in [0.25, 0.3) is 0 Å². The van der Waals surface area contributed by atoms with Gasteiger partial charge in [-0.25, -0.2) is 0 Å². The molecule has 3 heteroatoms. The third kappa shape index (κ3) is 5.14. The topological polar surface area (TPSA) is 72.3 Å². The Morgan fingerprint density at radius 1 is 0.850 bits per heavy atom. The maximum absolute atomic E-state index is 10.0. The summed E-state index contributed by atoms with van der Waals surface area (Å²) in [6.07, 6.45) is 9.83. The molecule has 0 unspecified atom stereocenters. The zero-order valence-corrected chi connectivity index (χ0v) is 12.8. The van der Waals surface area contributed by atoms with Crippen molar-refractivity contribution in [1.29, 1.82) is 0 Å². The Morgan fingerprint density at radius 3 is 2.10 bits per heavy atom. The third-order valence-electron chi connectivity index (χ3n) is 3.96. The number of hydrogen-bond acceptors (Lipinski definition) is 3. The van der Waals surface area contributed by atoms with E-state index in [1.165, 1.54) is 38.5 Å². The Hall–Kier alpha value is -1.06. The van der Waals surface area contributed by atoms with Crippen LogP contribution in [0.1, 0.15) is 68.6 Å². The van der Waals surface area contributed by atoms with Gasteiger partial charge in [0.2, 0.25) is 0 Å². The molecule has 1 rings (SSSR count). The number of hydrogen-bond donors (Lipinski definition) is 3. The molecule has 0 bridgehead atoms. The van der Waals surface area contributed by atoms with Crippen molar-refractivity contribution in [2.45, 2.75) is 71.4 Å². The normalized spacial score (nSPS) is 10.9. The number of phenols is 1. The zero-order valence-electron chi connectivity index (χ0n) is 12.8. The number of nitrogens with two attached hydrogens (primary N) is 2. The Labute approximate surface area is 123 Å². The summed E-state index contributed by atoms with van der Waals surface area (Å²) in [5, 5.41) is 10.0. The zero-order chi connectivity index (χ0) is 14.8. The Balaban J connectivity index is 2.46. The number of phenolic OH excluding ortho intramolecular Hbond substituents is 1. The molecule has 0 aliphatic carbocycles. The van der Waals surface area contributed by atoms with E-state index in [4.69, 9.17) is 11.5 Å². The fourth-order valence-corrected chi connectivity index (χ4v) is 2.71. The van der Waals surface area contributed by atoms with Gasteiger partial charge >= 0.3 is 0 Å². The van der Waals surface area contributed by atoms with Crippen LogP contribution in [0.15, 0.2) is 12.1 Å². The summed E-state index contributed by atoms with van der Waals surface area (Å²) in [5.41, 5.74) is 14.6. The fraction of sp³-hybridized carbons (Fsp3) is 0.647. The van der Waals surface area contributed by atoms with Crippen molar-refractivity contribution in [2.75, 3.05) is 0 Å². The van der Waals surface area contributed by atoms with Gasteiger partial charge in [-0.05, 0) is 35.6 Å². The van der Waals surface area contributed by atoms with Crippen molar-refractivity contribution in [1.82, 2.24) is 0 Å². The molecular weight excluding hydrogens is 248 g/mol. The van der Waals surface area contributed by atoms with E-state index in [0.29, 0.717) is 18.8 Å². The Morgan fingerprint density at radius 2 is 1.50 bits per heavy atom. The van der Waals surface area contributed by atoms with Crippen molar-refractivity contribution in [3.63, 3.8) is 0 Å². The summed E-state index contributed by atoms with van der Waals surface area (Å²) in [4.78, 5) is 0. The van der Waals surface area contributed by atoms with Crippen molar-refractivity contribution in [2.24, 2.45) is 11.5 Å². The van der Waals surface area contributed by atoms with E-state index in [1.807, 2.05) is 6.07 Å². The lowest BCUT2D eigenvalue weighted by atomic mass is 9.95. The van der Waals surface area contributed by atoms with Crippen molar-refractivity contribution in [3.8, 4) is 5.75 Å². The van der Waals surface area contributed by atoms with E-state index in [9.17, 15) is 5.11 Å². The first-order chi connectivity index (χ1) is 9.74. The number of unbranched alkanes of at least 4 members (excludes halogenated alkanes) is 6. The van der Waals surface area contributed by atoms with Crippen molar-refractivity contribution >= 4 is 0 Å². The highest BCUT2D eigenvalue weighted by Gasteiger charge is 2.10. The first-order valence-corrected chi connectivity index (χ1v) is 7.97. The van der Waals surface area contributed by atoms with Gasteiger partial charge in [0.1, 0.15) is 5.75 Å². The summed E-state index contributed by atoms with van der Waals surface area (Å²) in [5.74, 6) is 0.369. The molecule has 0 heterocycles. The molecule has 1 aromatic rings. The lowest BCUT2D eigenvalue weighted by Gasteiger charge is -2.14. The highest BCUT2D eigenvalue weighted by molar-refractivity contribution is 5.44. The molecule has 0 spiro atoms. The second-order valence-electron chi connectivity index (χ2n) is 5.48. The van der Waals surface area contributed by atoms with E-state index in [-0.39, 0.29) is 0 Å². The molecule has 1 aromatic carbocycles. The molecule has 0 amide bonds. The summed E-state index contributed by atoms with van der Waals surface area (Å²) in [7, 11) is 0. The second-order valence-corrected chi connectivity index (χ2v) is 5.48. The molecule has 0 aliphatic rings. The van der Waals surface area contributed by atoms with E-state index in [2.05, 4.69) is 6.92 Å². The Kier molecular flexibility index (Phi) is 8.31. The van der Waals surface area contributed by atoms with Crippen LogP contribution < -0.4 is 11.5 Å². The van der Waals surface area contributed by atoms with Gasteiger partial charge in [-0.15, -0.1) is 0 Å². The largest absolute Gasteiger partial charge is 0.508 e. The smallest absolute Gasteiger partial charge is 0.119 e. The SMILES string of the molecule is CCCCCCCCCc1c(O)ccc(CN)c1CN. The molecule has 5 N–H and O–H groups in total. The van der Waals surface area contributed by atoms with Gasteiger partial charge < -0.3 is 16.6 Å². The monoisotopic (exact) mass is 278 g/mol. The highest BCUT2D eigenvalue weighted by Crippen LogP contribution is 2.26. The lowest BCUT2D eigenvalue weighted by molar-refractivity contribution is 0.464. The van der Waals surface area contributed by atoms with Crippen LogP contribution in [0.2, 0.25) is 0 Å². The molecule has 114 valence electrons. The average molecular weight is 278 g/mol. The number of rotatable bonds is 10. The van der Waals surface area contributed by atoms with Crippen LogP contribution in [0.3, 0.4) is 0 Å². The standard InChI is InChI=1S/C17H30N2O/c1-2-3-4-5-6-7-8-9-15-16(13-19)14(12-18)10-11-17(15)20/h10-11,20H,2-9,12-13,18-19H2,1H3. The van der Waals surface area contributed by atoms with Crippen LogP contribution in [0.4, 0.5) is 0 Å². The van der Waals surface area contributed by atoms with E-state index in [0.717, 1.165) is 29.5 Å². The predicted octanol–water partition coefficient (Wildman–Crippen LogP) is 3.60. The molecule has 0 aromatic heterocycles. The van der Waals surface area contributed by atoms with Crippen LogP contribution in [-0.4, -0.2) is 5.11 Å². The highest BCUT2D eigenvalue weighted by atomic mass is 16.3. The van der Waals surface area contributed by atoms with Crippen LogP contribution >= 0.6 is 0 Å². The molecule has 0 saturated carbocycles. The summed E-state index contributed by atoms with van der Waals surface area (Å²) in [6.45, 7) is 3.17. The van der Waals surface area contributed by atoms with Gasteiger partial charge in [0.15, 0.2) is 0 Å². The number of benzene rings is 1. The minimum atomic E-state index is 0.369. The van der Waals surface area contributed by atoms with Gasteiger partial charge in [-0.1, -0.05) is 51.5 Å². The fourth-order valence-electron chi connectivity index (χ4n) is 2.71. The second kappa shape index (κ2) is 9.78. The molecule has 3 nitrogen and oxygen atoms in total. The van der Waals surface area contributed by atoms with Gasteiger partial charge in [0.25, 0.3) is 0 Å². The molecular formula is C17H30N2O. The van der Waals surface area contributed by atoms with Crippen LogP contribution in [-0.2, 0) is 19.5 Å². The first-order valence-electron chi connectivity index (χ1n) is 7.97. The molecule has 0 aliphatic heterocycles. The minimum absolute atomic E-state index is 0.369. The van der Waals surface area contributed by atoms with Gasteiger partial charge in [0, 0.05) is 13.1 Å². The third-order valence-corrected chi connectivity index (χ3v) is 3.96. The molecule has 0 fully saturated rings. The van der Waals surface area contributed by atoms with Gasteiger partial charge in [-0.2, -0.15) is 0 Å². The summed E-state index contributed by atoms with van der Waals surface area (Å²) in [6, 6.07) is 3.63. The van der Waals surface area contributed by atoms with E-state index < -0.39 is 0 Å². The molecule has 0 radical (unpaired) electrons. The Bertz CT molecular complexity index is 391. The quantitative estimate of drug-likeness (QED) is 0.573. The van der Waals surface area contributed by atoms with E-state index in [1.54, 1.807) is 6.07 Å². The summed E-state index contributed by atoms with van der Waals surface area (Å²) >= 11 is 0. The molecule has 20 heavy (non-hydrogen) atoms. The summed E-state index contributed by atoms with van der Waals surface area (Å²) < 4.78 is 0.